The lowest BCUT2D eigenvalue weighted by Crippen LogP contribution is -2.15. The number of nitrogens with zero attached hydrogens (tertiary/aromatic N) is 1. The lowest BCUT2D eigenvalue weighted by Gasteiger charge is -2.20. The Balaban J connectivity index is 1.42. The van der Waals surface area contributed by atoms with Crippen molar-refractivity contribution >= 4 is 22.6 Å². The van der Waals surface area contributed by atoms with Gasteiger partial charge in [-0.05, 0) is 18.1 Å². The highest BCUT2D eigenvalue weighted by atomic mass is 16.7. The molecule has 4 rings (SSSR count). The topological polar surface area (TPSA) is 104 Å². The van der Waals surface area contributed by atoms with E-state index in [1.807, 2.05) is 30.5 Å². The van der Waals surface area contributed by atoms with Crippen molar-refractivity contribution in [3.8, 4) is 5.75 Å². The summed E-state index contributed by atoms with van der Waals surface area (Å²) in [6.07, 6.45) is 2.64. The van der Waals surface area contributed by atoms with Crippen molar-refractivity contribution in [2.75, 3.05) is 6.79 Å². The van der Waals surface area contributed by atoms with E-state index in [-0.39, 0.29) is 38.1 Å². The van der Waals surface area contributed by atoms with Gasteiger partial charge in [0.1, 0.15) is 12.4 Å². The van der Waals surface area contributed by atoms with Crippen LogP contribution in [-0.2, 0) is 33.9 Å². The van der Waals surface area contributed by atoms with Crippen molar-refractivity contribution in [3.05, 3.63) is 69.4 Å². The summed E-state index contributed by atoms with van der Waals surface area (Å²) in [6.45, 7) is 0.196. The first kappa shape index (κ1) is 18.0. The molecule has 28 heavy (non-hydrogen) atoms. The van der Waals surface area contributed by atoms with E-state index in [2.05, 4.69) is 4.98 Å². The highest BCUT2D eigenvalue weighted by molar-refractivity contribution is 5.83. The first-order valence-electron chi connectivity index (χ1n) is 8.83. The van der Waals surface area contributed by atoms with E-state index in [0.717, 1.165) is 16.5 Å². The smallest absolute Gasteiger partial charge is 0.306 e. The molecule has 0 amide bonds. The number of fused-ring (bicyclic) bond motifs is 2. The first-order chi connectivity index (χ1) is 13.6. The number of nitro benzene ring substituents is 1. The van der Waals surface area contributed by atoms with Crippen molar-refractivity contribution in [3.63, 3.8) is 0 Å². The standard InChI is InChI=1S/C20H18N2O6/c23-19(6-5-13-9-21-18-4-2-1-3-17(13)18)27-11-15-8-16(22(24)25)7-14-10-26-12-28-20(14)15/h1-4,7-9,21H,5-6,10-12H2. The Morgan fingerprint density at radius 2 is 2.11 bits per heavy atom. The second-order valence-corrected chi connectivity index (χ2v) is 6.48. The molecule has 3 aromatic rings. The Morgan fingerprint density at radius 3 is 2.96 bits per heavy atom. The third-order valence-corrected chi connectivity index (χ3v) is 4.64. The Morgan fingerprint density at radius 1 is 1.25 bits per heavy atom. The van der Waals surface area contributed by atoms with Crippen LogP contribution >= 0.6 is 0 Å². The van der Waals surface area contributed by atoms with Crippen LogP contribution in [0.25, 0.3) is 10.9 Å². The van der Waals surface area contributed by atoms with E-state index < -0.39 is 4.92 Å². The maximum Gasteiger partial charge on any atom is 0.306 e. The number of nitro groups is 1. The fourth-order valence-corrected chi connectivity index (χ4v) is 3.30. The van der Waals surface area contributed by atoms with Gasteiger partial charge in [-0.2, -0.15) is 0 Å². The molecular formula is C20H18N2O6. The molecule has 0 saturated carbocycles. The van der Waals surface area contributed by atoms with Gasteiger partial charge in [0.2, 0.25) is 0 Å². The zero-order chi connectivity index (χ0) is 19.5. The number of nitrogens with one attached hydrogen (secondary N) is 1. The minimum atomic E-state index is -0.489. The molecular weight excluding hydrogens is 364 g/mol. The molecule has 0 bridgehead atoms. The van der Waals surface area contributed by atoms with Crippen molar-refractivity contribution in [1.82, 2.24) is 4.98 Å². The number of ether oxygens (including phenoxy) is 3. The number of carbonyl (C=O) groups is 1. The van der Waals surface area contributed by atoms with E-state index >= 15 is 0 Å². The number of rotatable bonds is 6. The molecule has 2 aromatic carbocycles. The summed E-state index contributed by atoms with van der Waals surface area (Å²) in [5, 5.41) is 12.2. The van der Waals surface area contributed by atoms with Crippen LogP contribution in [0.1, 0.15) is 23.1 Å². The largest absolute Gasteiger partial charge is 0.467 e. The van der Waals surface area contributed by atoms with E-state index in [4.69, 9.17) is 14.2 Å². The molecule has 1 N–H and O–H groups in total. The highest BCUT2D eigenvalue weighted by Crippen LogP contribution is 2.33. The Kier molecular flexibility index (Phi) is 4.94. The molecule has 0 saturated heterocycles. The van der Waals surface area contributed by atoms with E-state index in [1.54, 1.807) is 0 Å². The van der Waals surface area contributed by atoms with Crippen molar-refractivity contribution in [1.29, 1.82) is 0 Å². The van der Waals surface area contributed by atoms with Crippen LogP contribution in [0, 0.1) is 10.1 Å². The van der Waals surface area contributed by atoms with Gasteiger partial charge in [0.15, 0.2) is 6.79 Å². The fraction of sp³-hybridized carbons (Fsp3) is 0.250. The van der Waals surface area contributed by atoms with Gasteiger partial charge < -0.3 is 19.2 Å². The highest BCUT2D eigenvalue weighted by Gasteiger charge is 2.21. The summed E-state index contributed by atoms with van der Waals surface area (Å²) >= 11 is 0. The molecule has 0 unspecified atom stereocenters. The fourth-order valence-electron chi connectivity index (χ4n) is 3.30. The van der Waals surface area contributed by atoms with Crippen LogP contribution < -0.4 is 4.74 Å². The molecule has 1 aliphatic heterocycles. The number of non-ortho nitro benzene ring substituents is 1. The number of aromatic nitrogens is 1. The van der Waals surface area contributed by atoms with Crippen LogP contribution in [0.4, 0.5) is 5.69 Å². The number of hydrogen-bond acceptors (Lipinski definition) is 6. The van der Waals surface area contributed by atoms with Gasteiger partial charge in [0.25, 0.3) is 5.69 Å². The van der Waals surface area contributed by atoms with Crippen molar-refractivity contribution in [2.24, 2.45) is 0 Å². The maximum absolute atomic E-state index is 12.2. The summed E-state index contributed by atoms with van der Waals surface area (Å²) in [5.74, 6) is 0.110. The maximum atomic E-state index is 12.2. The van der Waals surface area contributed by atoms with Crippen LogP contribution in [0.2, 0.25) is 0 Å². The van der Waals surface area contributed by atoms with E-state index in [0.29, 0.717) is 23.3 Å². The minimum absolute atomic E-state index is 0.0618. The molecule has 8 heteroatoms. The lowest BCUT2D eigenvalue weighted by atomic mass is 10.1. The number of benzene rings is 2. The lowest BCUT2D eigenvalue weighted by molar-refractivity contribution is -0.385. The molecule has 144 valence electrons. The Hall–Kier alpha value is -3.39. The molecule has 1 aliphatic rings. The van der Waals surface area contributed by atoms with Gasteiger partial charge in [0.05, 0.1) is 11.5 Å². The molecule has 1 aromatic heterocycles. The van der Waals surface area contributed by atoms with Gasteiger partial charge in [-0.1, -0.05) is 18.2 Å². The molecule has 8 nitrogen and oxygen atoms in total. The zero-order valence-corrected chi connectivity index (χ0v) is 15.0. The summed E-state index contributed by atoms with van der Waals surface area (Å²) < 4.78 is 16.0. The second kappa shape index (κ2) is 7.69. The van der Waals surface area contributed by atoms with Crippen LogP contribution in [0.15, 0.2) is 42.6 Å². The van der Waals surface area contributed by atoms with Crippen molar-refractivity contribution in [2.45, 2.75) is 26.1 Å². The predicted octanol–water partition coefficient (Wildman–Crippen LogP) is 3.62. The van der Waals surface area contributed by atoms with Gasteiger partial charge in [-0.25, -0.2) is 0 Å². The SMILES string of the molecule is O=C(CCc1c[nH]c2ccccc12)OCc1cc([N+](=O)[O-])cc2c1OCOC2. The molecule has 0 aliphatic carbocycles. The number of hydrogen-bond donors (Lipinski definition) is 1. The van der Waals surface area contributed by atoms with Crippen LogP contribution in [0.5, 0.6) is 5.75 Å². The minimum Gasteiger partial charge on any atom is -0.467 e. The molecule has 0 radical (unpaired) electrons. The second-order valence-electron chi connectivity index (χ2n) is 6.48. The first-order valence-corrected chi connectivity index (χ1v) is 8.83. The third kappa shape index (κ3) is 3.67. The Bertz CT molecular complexity index is 1040. The number of para-hydroxylation sites is 1. The summed E-state index contributed by atoms with van der Waals surface area (Å²) in [5.41, 5.74) is 3.02. The van der Waals surface area contributed by atoms with E-state index in [9.17, 15) is 14.9 Å². The zero-order valence-electron chi connectivity index (χ0n) is 15.0. The summed E-state index contributed by atoms with van der Waals surface area (Å²) in [4.78, 5) is 26.0. The molecule has 2 heterocycles. The monoisotopic (exact) mass is 382 g/mol. The molecule has 0 fully saturated rings. The number of esters is 1. The number of carbonyl (C=O) groups excluding carboxylic acids is 1. The van der Waals surface area contributed by atoms with Crippen LogP contribution in [0.3, 0.4) is 0 Å². The average Bonchev–Trinajstić information content (AvgIpc) is 3.13. The Labute approximate surface area is 160 Å². The quantitative estimate of drug-likeness (QED) is 0.397. The number of aryl methyl sites for hydroxylation is 1. The van der Waals surface area contributed by atoms with Gasteiger partial charge in [0, 0.05) is 46.8 Å². The van der Waals surface area contributed by atoms with Gasteiger partial charge in [-0.15, -0.1) is 0 Å². The van der Waals surface area contributed by atoms with Gasteiger partial charge >= 0.3 is 5.97 Å². The summed E-state index contributed by atoms with van der Waals surface area (Å²) in [6, 6.07) is 10.7. The number of aromatic amines is 1. The molecule has 0 spiro atoms. The number of H-pyrrole nitrogens is 1. The van der Waals surface area contributed by atoms with E-state index in [1.165, 1.54) is 12.1 Å². The predicted molar refractivity (Wildman–Crippen MR) is 99.8 cm³/mol. The average molecular weight is 382 g/mol. The third-order valence-electron chi connectivity index (χ3n) is 4.64. The van der Waals surface area contributed by atoms with Crippen LogP contribution in [-0.4, -0.2) is 22.7 Å². The normalized spacial score (nSPS) is 13.0. The molecule has 0 atom stereocenters. The van der Waals surface area contributed by atoms with Gasteiger partial charge in [-0.3, -0.25) is 14.9 Å². The summed E-state index contributed by atoms with van der Waals surface area (Å²) in [7, 11) is 0. The van der Waals surface area contributed by atoms with Crippen molar-refractivity contribution < 1.29 is 23.9 Å².